The van der Waals surface area contributed by atoms with Crippen molar-refractivity contribution in [2.45, 2.75) is 27.2 Å². The highest BCUT2D eigenvalue weighted by Gasteiger charge is 2.09. The summed E-state index contributed by atoms with van der Waals surface area (Å²) in [6.07, 6.45) is 0.441. The minimum atomic E-state index is -0.0876. The van der Waals surface area contributed by atoms with Gasteiger partial charge in [-0.1, -0.05) is 25.4 Å². The van der Waals surface area contributed by atoms with Crippen LogP contribution in [0.15, 0.2) is 36.4 Å². The Hall–Kier alpha value is -2.44. The molecule has 3 rings (SSSR count). The fourth-order valence-corrected chi connectivity index (χ4v) is 3.09. The Kier molecular flexibility index (Phi) is 5.77. The van der Waals surface area contributed by atoms with E-state index in [4.69, 9.17) is 23.8 Å². The minimum absolute atomic E-state index is 0.0876. The quantitative estimate of drug-likeness (QED) is 0.536. The van der Waals surface area contributed by atoms with Crippen LogP contribution >= 0.6 is 23.8 Å². The first-order valence-electron chi connectivity index (χ1n) is 8.69. The molecule has 0 saturated carbocycles. The lowest BCUT2D eigenvalue weighted by molar-refractivity contribution is -0.120. The molecule has 3 N–H and O–H groups in total. The number of anilines is 1. The Balaban J connectivity index is 1.70. The van der Waals surface area contributed by atoms with E-state index in [0.717, 1.165) is 33.7 Å². The molecule has 0 aliphatic carbocycles. The van der Waals surface area contributed by atoms with Crippen molar-refractivity contribution < 1.29 is 4.79 Å². The molecule has 27 heavy (non-hydrogen) atoms. The second-order valence-corrected chi connectivity index (χ2v) is 7.70. The first kappa shape index (κ1) is 19.3. The molecule has 0 unspecified atom stereocenters. The number of nitrogens with zero attached hydrogens (tertiary/aromatic N) is 1. The van der Waals surface area contributed by atoms with Crippen molar-refractivity contribution in [1.82, 2.24) is 15.3 Å². The number of carbonyl (C=O) groups excluding carboxylic acids is 1. The molecule has 0 aliphatic heterocycles. The standard InChI is InChI=1S/C20H21ClN4OS/c1-11(2)8-18(26)25-20(27)22-14-6-4-13(5-7-14)19-23-16-9-12(3)15(21)10-17(16)24-19/h4-7,9-11H,8H2,1-3H3,(H,23,24)(H2,22,25,26,27). The highest BCUT2D eigenvalue weighted by molar-refractivity contribution is 7.80. The highest BCUT2D eigenvalue weighted by atomic mass is 35.5. The number of hydrogen-bond donors (Lipinski definition) is 3. The minimum Gasteiger partial charge on any atom is -0.338 e. The molecular formula is C20H21ClN4OS. The summed E-state index contributed by atoms with van der Waals surface area (Å²) < 4.78 is 0. The number of H-pyrrole nitrogens is 1. The van der Waals surface area contributed by atoms with E-state index in [1.54, 1.807) is 0 Å². The van der Waals surface area contributed by atoms with Crippen LogP contribution in [0.25, 0.3) is 22.4 Å². The van der Waals surface area contributed by atoms with Gasteiger partial charge in [0.25, 0.3) is 0 Å². The van der Waals surface area contributed by atoms with Crippen LogP contribution in [-0.4, -0.2) is 21.0 Å². The van der Waals surface area contributed by atoms with Crippen molar-refractivity contribution in [2.24, 2.45) is 5.92 Å². The van der Waals surface area contributed by atoms with Gasteiger partial charge in [-0.05, 0) is 67.0 Å². The van der Waals surface area contributed by atoms with Crippen LogP contribution in [0.3, 0.4) is 0 Å². The predicted octanol–water partition coefficient (Wildman–Crippen LogP) is 5.05. The number of carbonyl (C=O) groups is 1. The van der Waals surface area contributed by atoms with E-state index in [9.17, 15) is 4.79 Å². The van der Waals surface area contributed by atoms with Gasteiger partial charge in [0.1, 0.15) is 5.82 Å². The Labute approximate surface area is 168 Å². The third-order valence-electron chi connectivity index (χ3n) is 4.03. The molecule has 0 spiro atoms. The molecular weight excluding hydrogens is 380 g/mol. The molecule has 0 radical (unpaired) electrons. The number of thiocarbonyl (C=S) groups is 1. The molecule has 1 aromatic heterocycles. The van der Waals surface area contributed by atoms with Crippen molar-refractivity contribution in [2.75, 3.05) is 5.32 Å². The summed E-state index contributed by atoms with van der Waals surface area (Å²) in [6.45, 7) is 5.94. The lowest BCUT2D eigenvalue weighted by atomic mass is 10.1. The van der Waals surface area contributed by atoms with Crippen molar-refractivity contribution in [3.63, 3.8) is 0 Å². The van der Waals surface area contributed by atoms with Crippen molar-refractivity contribution >= 4 is 51.6 Å². The smallest absolute Gasteiger partial charge is 0.226 e. The predicted molar refractivity (Wildman–Crippen MR) is 115 cm³/mol. The van der Waals surface area contributed by atoms with E-state index < -0.39 is 0 Å². The average molecular weight is 401 g/mol. The fraction of sp³-hybridized carbons (Fsp3) is 0.250. The van der Waals surface area contributed by atoms with Crippen molar-refractivity contribution in [1.29, 1.82) is 0 Å². The largest absolute Gasteiger partial charge is 0.338 e. The Bertz CT molecular complexity index is 956. The van der Waals surface area contributed by atoms with Gasteiger partial charge in [0, 0.05) is 22.7 Å². The zero-order valence-electron chi connectivity index (χ0n) is 15.4. The zero-order chi connectivity index (χ0) is 19.6. The number of hydrogen-bond acceptors (Lipinski definition) is 3. The van der Waals surface area contributed by atoms with Gasteiger partial charge >= 0.3 is 0 Å². The molecule has 1 heterocycles. The van der Waals surface area contributed by atoms with Gasteiger partial charge in [0.2, 0.25) is 5.91 Å². The Morgan fingerprint density at radius 2 is 1.96 bits per heavy atom. The molecule has 140 valence electrons. The lowest BCUT2D eigenvalue weighted by Crippen LogP contribution is -2.34. The maximum absolute atomic E-state index is 11.8. The van der Waals surface area contributed by atoms with Gasteiger partial charge < -0.3 is 15.6 Å². The van der Waals surface area contributed by atoms with E-state index in [1.807, 2.05) is 57.2 Å². The maximum atomic E-state index is 11.8. The monoisotopic (exact) mass is 400 g/mol. The van der Waals surface area contributed by atoms with Gasteiger partial charge in [-0.3, -0.25) is 4.79 Å². The summed E-state index contributed by atoms with van der Waals surface area (Å²) in [4.78, 5) is 19.7. The SMILES string of the molecule is Cc1cc2[nH]c(-c3ccc(NC(=S)NC(=O)CC(C)C)cc3)nc2cc1Cl. The van der Waals surface area contributed by atoms with Crippen molar-refractivity contribution in [3.05, 3.63) is 47.0 Å². The third-order valence-corrected chi connectivity index (χ3v) is 4.64. The van der Waals surface area contributed by atoms with Gasteiger partial charge in [-0.25, -0.2) is 4.98 Å². The maximum Gasteiger partial charge on any atom is 0.226 e. The molecule has 0 atom stereocenters. The number of aromatic nitrogens is 2. The van der Waals surface area contributed by atoms with Crippen LogP contribution in [0.1, 0.15) is 25.8 Å². The molecule has 1 amide bonds. The van der Waals surface area contributed by atoms with Crippen LogP contribution in [0, 0.1) is 12.8 Å². The van der Waals surface area contributed by atoms with E-state index in [0.29, 0.717) is 16.6 Å². The van der Waals surface area contributed by atoms with Gasteiger partial charge in [0.15, 0.2) is 5.11 Å². The number of aryl methyl sites for hydroxylation is 1. The number of halogens is 1. The number of amides is 1. The molecule has 0 bridgehead atoms. The number of nitrogens with one attached hydrogen (secondary N) is 3. The van der Waals surface area contributed by atoms with E-state index in [1.165, 1.54) is 0 Å². The van der Waals surface area contributed by atoms with E-state index >= 15 is 0 Å². The van der Waals surface area contributed by atoms with E-state index in [-0.39, 0.29) is 11.8 Å². The van der Waals surface area contributed by atoms with Crippen LogP contribution in [0.5, 0.6) is 0 Å². The molecule has 2 aromatic carbocycles. The first-order chi connectivity index (χ1) is 12.8. The molecule has 0 saturated heterocycles. The highest BCUT2D eigenvalue weighted by Crippen LogP contribution is 2.26. The normalized spacial score (nSPS) is 11.0. The summed E-state index contributed by atoms with van der Waals surface area (Å²) >= 11 is 11.4. The van der Waals surface area contributed by atoms with Gasteiger partial charge in [0.05, 0.1) is 11.0 Å². The fourth-order valence-electron chi connectivity index (χ4n) is 2.70. The zero-order valence-corrected chi connectivity index (χ0v) is 17.0. The van der Waals surface area contributed by atoms with Crippen LogP contribution < -0.4 is 10.6 Å². The topological polar surface area (TPSA) is 69.8 Å². The van der Waals surface area contributed by atoms with Crippen LogP contribution in [0.4, 0.5) is 5.69 Å². The number of rotatable bonds is 4. The van der Waals surface area contributed by atoms with Gasteiger partial charge in [-0.15, -0.1) is 0 Å². The number of benzene rings is 2. The molecule has 7 heteroatoms. The van der Waals surface area contributed by atoms with Gasteiger partial charge in [-0.2, -0.15) is 0 Å². The number of fused-ring (bicyclic) bond motifs is 1. The van der Waals surface area contributed by atoms with E-state index in [2.05, 4.69) is 20.6 Å². The molecule has 5 nitrogen and oxygen atoms in total. The average Bonchev–Trinajstić information content (AvgIpc) is 2.97. The summed E-state index contributed by atoms with van der Waals surface area (Å²) in [5.41, 5.74) is 4.52. The molecule has 3 aromatic rings. The van der Waals surface area contributed by atoms with Crippen LogP contribution in [0.2, 0.25) is 5.02 Å². The Morgan fingerprint density at radius 3 is 2.63 bits per heavy atom. The number of aromatic amines is 1. The van der Waals surface area contributed by atoms with Crippen LogP contribution in [-0.2, 0) is 4.79 Å². The molecule has 0 aliphatic rings. The summed E-state index contributed by atoms with van der Waals surface area (Å²) in [5.74, 6) is 0.968. The Morgan fingerprint density at radius 1 is 1.26 bits per heavy atom. The third kappa shape index (κ3) is 4.84. The van der Waals surface area contributed by atoms with Crippen molar-refractivity contribution in [3.8, 4) is 11.4 Å². The first-order valence-corrected chi connectivity index (χ1v) is 9.47. The second-order valence-electron chi connectivity index (χ2n) is 6.88. The molecule has 0 fully saturated rings. The number of imidazole rings is 1. The second kappa shape index (κ2) is 8.06. The summed E-state index contributed by atoms with van der Waals surface area (Å²) in [6, 6.07) is 11.5. The lowest BCUT2D eigenvalue weighted by Gasteiger charge is -2.10. The summed E-state index contributed by atoms with van der Waals surface area (Å²) in [5, 5.41) is 6.70. The summed E-state index contributed by atoms with van der Waals surface area (Å²) in [7, 11) is 0.